The summed E-state index contributed by atoms with van der Waals surface area (Å²) >= 11 is 0. The van der Waals surface area contributed by atoms with E-state index in [1.807, 2.05) is 36.5 Å². The topological polar surface area (TPSA) is 59.9 Å². The average Bonchev–Trinajstić information content (AvgIpc) is 2.88. The molecule has 2 aromatic heterocycles. The van der Waals surface area contributed by atoms with Crippen molar-refractivity contribution in [3.63, 3.8) is 0 Å². The number of pyridine rings is 2. The summed E-state index contributed by atoms with van der Waals surface area (Å²) in [5.41, 5.74) is 3.88. The zero-order valence-electron chi connectivity index (χ0n) is 20.7. The minimum atomic E-state index is 0.0865. The van der Waals surface area contributed by atoms with Gasteiger partial charge in [0.1, 0.15) is 0 Å². The van der Waals surface area contributed by atoms with Crippen molar-refractivity contribution < 1.29 is 9.59 Å². The third kappa shape index (κ3) is 8.16. The SMILES string of the molecule is CC(=O)/C(=C/C1CCCCC1)c1ccccn1.CC(=O)/C=C/c1cccnc1C1CCCCC1. The Balaban J connectivity index is 0.000000191. The summed E-state index contributed by atoms with van der Waals surface area (Å²) in [4.78, 5) is 31.5. The van der Waals surface area contributed by atoms with Crippen molar-refractivity contribution in [3.8, 4) is 0 Å². The molecule has 0 amide bonds. The molecule has 0 N–H and O–H groups in total. The standard InChI is InChI=1S/2C15H19NO/c1-12(17)14(15-9-5-6-10-16-15)11-13-7-3-2-4-8-13;1-12(17)9-10-14-8-5-11-16-15(14)13-6-3-2-4-7-13/h5-6,9-11,13H,2-4,7-8H2,1H3;5,8-11,13H,2-4,6-7H2,1H3/b14-11-;10-9+. The van der Waals surface area contributed by atoms with Crippen LogP contribution < -0.4 is 0 Å². The van der Waals surface area contributed by atoms with E-state index in [4.69, 9.17) is 0 Å². The molecule has 2 heterocycles. The van der Waals surface area contributed by atoms with Crippen molar-refractivity contribution in [1.82, 2.24) is 9.97 Å². The van der Waals surface area contributed by atoms with Gasteiger partial charge < -0.3 is 0 Å². The predicted octanol–water partition coefficient (Wildman–Crippen LogP) is 7.37. The van der Waals surface area contributed by atoms with E-state index < -0.39 is 0 Å². The second kappa shape index (κ2) is 13.7. The van der Waals surface area contributed by atoms with Gasteiger partial charge >= 0.3 is 0 Å². The van der Waals surface area contributed by atoms with Gasteiger partial charge in [-0.15, -0.1) is 0 Å². The van der Waals surface area contributed by atoms with E-state index in [9.17, 15) is 9.59 Å². The van der Waals surface area contributed by atoms with Gasteiger partial charge in [0.15, 0.2) is 11.6 Å². The van der Waals surface area contributed by atoms with Crippen LogP contribution in [-0.4, -0.2) is 21.5 Å². The zero-order valence-corrected chi connectivity index (χ0v) is 20.7. The molecular weight excluding hydrogens is 420 g/mol. The molecule has 0 aliphatic heterocycles. The van der Waals surface area contributed by atoms with Gasteiger partial charge in [0.2, 0.25) is 0 Å². The van der Waals surface area contributed by atoms with E-state index in [2.05, 4.69) is 22.1 Å². The highest BCUT2D eigenvalue weighted by Gasteiger charge is 2.18. The lowest BCUT2D eigenvalue weighted by atomic mass is 9.85. The van der Waals surface area contributed by atoms with E-state index in [-0.39, 0.29) is 11.6 Å². The van der Waals surface area contributed by atoms with Crippen molar-refractivity contribution in [3.05, 3.63) is 71.8 Å². The minimum Gasteiger partial charge on any atom is -0.295 e. The van der Waals surface area contributed by atoms with Crippen molar-refractivity contribution in [1.29, 1.82) is 0 Å². The molecule has 34 heavy (non-hydrogen) atoms. The van der Waals surface area contributed by atoms with Crippen LogP contribution in [0.5, 0.6) is 0 Å². The molecule has 0 saturated heterocycles. The maximum absolute atomic E-state index is 11.7. The number of Topliss-reactive ketones (excluding diaryl/α,β-unsaturated/α-hetero) is 1. The Bertz CT molecular complexity index is 982. The molecule has 2 saturated carbocycles. The lowest BCUT2D eigenvalue weighted by Gasteiger charge is -2.22. The lowest BCUT2D eigenvalue weighted by Crippen LogP contribution is -2.08. The largest absolute Gasteiger partial charge is 0.295 e. The quantitative estimate of drug-likeness (QED) is 0.424. The maximum atomic E-state index is 11.7. The predicted molar refractivity (Wildman–Crippen MR) is 139 cm³/mol. The Hall–Kier alpha value is -2.88. The van der Waals surface area contributed by atoms with Crippen LogP contribution in [-0.2, 0) is 9.59 Å². The molecule has 2 aromatic rings. The summed E-state index contributed by atoms with van der Waals surface area (Å²) in [6, 6.07) is 9.71. The van der Waals surface area contributed by atoms with Crippen LogP contribution in [0, 0.1) is 5.92 Å². The highest BCUT2D eigenvalue weighted by atomic mass is 16.1. The van der Waals surface area contributed by atoms with Crippen LogP contribution in [0.2, 0.25) is 0 Å². The molecule has 0 spiro atoms. The molecule has 4 rings (SSSR count). The first-order chi connectivity index (χ1) is 16.5. The fraction of sp³-hybridized carbons (Fsp3) is 0.467. The first-order valence-electron chi connectivity index (χ1n) is 12.8. The molecule has 2 aliphatic carbocycles. The van der Waals surface area contributed by atoms with Gasteiger partial charge in [0.05, 0.1) is 11.4 Å². The van der Waals surface area contributed by atoms with E-state index in [1.54, 1.807) is 26.1 Å². The summed E-state index contributed by atoms with van der Waals surface area (Å²) < 4.78 is 0. The summed E-state index contributed by atoms with van der Waals surface area (Å²) in [6.45, 7) is 3.20. The molecule has 4 heteroatoms. The van der Waals surface area contributed by atoms with E-state index in [0.29, 0.717) is 11.8 Å². The van der Waals surface area contributed by atoms with Crippen LogP contribution in [0.3, 0.4) is 0 Å². The summed E-state index contributed by atoms with van der Waals surface area (Å²) in [5.74, 6) is 1.35. The smallest absolute Gasteiger partial charge is 0.161 e. The molecule has 0 aromatic carbocycles. The van der Waals surface area contributed by atoms with Gasteiger partial charge in [-0.3, -0.25) is 19.6 Å². The van der Waals surface area contributed by atoms with Crippen molar-refractivity contribution in [2.24, 2.45) is 5.92 Å². The first-order valence-corrected chi connectivity index (χ1v) is 12.8. The summed E-state index contributed by atoms with van der Waals surface area (Å²) in [7, 11) is 0. The van der Waals surface area contributed by atoms with Crippen LogP contribution in [0.4, 0.5) is 0 Å². The number of ketones is 2. The van der Waals surface area contributed by atoms with Crippen molar-refractivity contribution >= 4 is 23.2 Å². The molecule has 0 radical (unpaired) electrons. The van der Waals surface area contributed by atoms with Gasteiger partial charge in [-0.05, 0) is 81.4 Å². The van der Waals surface area contributed by atoms with E-state index >= 15 is 0 Å². The summed E-state index contributed by atoms with van der Waals surface area (Å²) in [6.07, 6.45) is 22.0. The van der Waals surface area contributed by atoms with Gasteiger partial charge in [0.25, 0.3) is 0 Å². The Morgan fingerprint density at radius 2 is 1.50 bits per heavy atom. The zero-order chi connectivity index (χ0) is 24.2. The first kappa shape index (κ1) is 25.7. The maximum Gasteiger partial charge on any atom is 0.161 e. The third-order valence-corrected chi connectivity index (χ3v) is 6.73. The van der Waals surface area contributed by atoms with E-state index in [1.165, 1.54) is 69.9 Å². The Morgan fingerprint density at radius 1 is 0.824 bits per heavy atom. The molecule has 0 bridgehead atoms. The van der Waals surface area contributed by atoms with Crippen LogP contribution in [0.25, 0.3) is 11.6 Å². The highest BCUT2D eigenvalue weighted by molar-refractivity contribution is 6.18. The Kier molecular flexibility index (Phi) is 10.4. The molecule has 2 aliphatic rings. The fourth-order valence-electron chi connectivity index (χ4n) is 4.94. The monoisotopic (exact) mass is 458 g/mol. The van der Waals surface area contributed by atoms with Crippen LogP contribution >= 0.6 is 0 Å². The van der Waals surface area contributed by atoms with E-state index in [0.717, 1.165) is 16.8 Å². The third-order valence-electron chi connectivity index (χ3n) is 6.73. The summed E-state index contributed by atoms with van der Waals surface area (Å²) in [5, 5.41) is 0. The molecule has 0 atom stereocenters. The average molecular weight is 459 g/mol. The molecular formula is C30H38N2O2. The number of nitrogens with zero attached hydrogens (tertiary/aromatic N) is 2. The number of hydrogen-bond donors (Lipinski definition) is 0. The van der Waals surface area contributed by atoms with Gasteiger partial charge in [-0.25, -0.2) is 0 Å². The number of carbonyl (C=O) groups is 2. The number of allylic oxidation sites excluding steroid dienone is 3. The Morgan fingerprint density at radius 3 is 2.12 bits per heavy atom. The number of rotatable bonds is 6. The number of aromatic nitrogens is 2. The number of carbonyl (C=O) groups excluding carboxylic acids is 2. The molecule has 0 unspecified atom stereocenters. The van der Waals surface area contributed by atoms with Gasteiger partial charge in [-0.2, -0.15) is 0 Å². The second-order valence-electron chi connectivity index (χ2n) is 9.51. The van der Waals surface area contributed by atoms with Crippen LogP contribution in [0.1, 0.15) is 101 Å². The highest BCUT2D eigenvalue weighted by Crippen LogP contribution is 2.33. The normalized spacial score (nSPS) is 17.8. The Labute approximate surface area is 204 Å². The van der Waals surface area contributed by atoms with Gasteiger partial charge in [-0.1, -0.05) is 56.7 Å². The molecule has 4 nitrogen and oxygen atoms in total. The van der Waals surface area contributed by atoms with Crippen molar-refractivity contribution in [2.45, 2.75) is 84.0 Å². The molecule has 2 fully saturated rings. The minimum absolute atomic E-state index is 0.0865. The fourth-order valence-corrected chi connectivity index (χ4v) is 4.94. The number of hydrogen-bond acceptors (Lipinski definition) is 4. The van der Waals surface area contributed by atoms with Gasteiger partial charge in [0, 0.05) is 23.9 Å². The van der Waals surface area contributed by atoms with Crippen LogP contribution in [0.15, 0.2) is 54.9 Å². The lowest BCUT2D eigenvalue weighted by molar-refractivity contribution is -0.113. The van der Waals surface area contributed by atoms with Crippen molar-refractivity contribution in [2.75, 3.05) is 0 Å². The molecule has 180 valence electrons. The second-order valence-corrected chi connectivity index (χ2v) is 9.51.